The lowest BCUT2D eigenvalue weighted by Crippen LogP contribution is -2.29. The summed E-state index contributed by atoms with van der Waals surface area (Å²) < 4.78 is 0. The van der Waals surface area contributed by atoms with Crippen LogP contribution in [0.15, 0.2) is 29.4 Å². The molecular weight excluding hydrogens is 226 g/mol. The zero-order valence-electron chi connectivity index (χ0n) is 10.8. The van der Waals surface area contributed by atoms with Gasteiger partial charge in [-0.05, 0) is 37.4 Å². The number of benzene rings is 1. The predicted molar refractivity (Wildman–Crippen MR) is 72.6 cm³/mol. The number of oxime groups is 1. The van der Waals surface area contributed by atoms with Crippen LogP contribution >= 0.6 is 0 Å². The summed E-state index contributed by atoms with van der Waals surface area (Å²) in [4.78, 5) is 2.34. The lowest BCUT2D eigenvalue weighted by molar-refractivity contribution is 0.200. The summed E-state index contributed by atoms with van der Waals surface area (Å²) >= 11 is 0. The molecule has 0 saturated heterocycles. The Kier molecular flexibility index (Phi) is 4.20. The van der Waals surface area contributed by atoms with Crippen LogP contribution in [-0.2, 0) is 6.54 Å². The van der Waals surface area contributed by atoms with E-state index >= 15 is 0 Å². The third kappa shape index (κ3) is 3.23. The highest BCUT2D eigenvalue weighted by Gasteiger charge is 2.18. The van der Waals surface area contributed by atoms with Crippen LogP contribution in [0, 0.1) is 5.92 Å². The van der Waals surface area contributed by atoms with Gasteiger partial charge in [-0.2, -0.15) is 0 Å². The van der Waals surface area contributed by atoms with Crippen LogP contribution in [0.25, 0.3) is 0 Å². The van der Waals surface area contributed by atoms with E-state index in [0.717, 1.165) is 24.6 Å². The third-order valence-corrected chi connectivity index (χ3v) is 3.58. The first-order valence-corrected chi connectivity index (χ1v) is 6.44. The van der Waals surface area contributed by atoms with E-state index in [1.54, 1.807) is 0 Å². The number of nitrogens with two attached hydrogens (primary N) is 1. The minimum absolute atomic E-state index is 0.165. The van der Waals surface area contributed by atoms with Crippen molar-refractivity contribution in [3.8, 4) is 0 Å². The molecule has 0 bridgehead atoms. The summed E-state index contributed by atoms with van der Waals surface area (Å²) in [5.41, 5.74) is 7.56. The van der Waals surface area contributed by atoms with Gasteiger partial charge in [0.2, 0.25) is 0 Å². The van der Waals surface area contributed by atoms with Crippen LogP contribution in [0.4, 0.5) is 0 Å². The fourth-order valence-corrected chi connectivity index (χ4v) is 2.38. The molecule has 1 aromatic rings. The Morgan fingerprint density at radius 2 is 2.28 bits per heavy atom. The highest BCUT2D eigenvalue weighted by Crippen LogP contribution is 2.27. The van der Waals surface area contributed by atoms with E-state index in [1.165, 1.54) is 24.8 Å². The Morgan fingerprint density at radius 1 is 1.50 bits per heavy atom. The van der Waals surface area contributed by atoms with Crippen molar-refractivity contribution in [2.45, 2.75) is 25.8 Å². The SMILES string of the molecule is CN(Cc1cccc(C(N)=NO)c1)CC1CCC1. The first-order chi connectivity index (χ1) is 8.69. The van der Waals surface area contributed by atoms with Gasteiger partial charge in [-0.3, -0.25) is 0 Å². The minimum atomic E-state index is 0.165. The molecule has 4 nitrogen and oxygen atoms in total. The molecule has 1 saturated carbocycles. The molecule has 0 aromatic heterocycles. The van der Waals surface area contributed by atoms with Gasteiger partial charge >= 0.3 is 0 Å². The van der Waals surface area contributed by atoms with Crippen molar-refractivity contribution >= 4 is 5.84 Å². The second-order valence-corrected chi connectivity index (χ2v) is 5.18. The van der Waals surface area contributed by atoms with Crippen LogP contribution in [0.3, 0.4) is 0 Å². The third-order valence-electron chi connectivity index (χ3n) is 3.58. The topological polar surface area (TPSA) is 61.8 Å². The van der Waals surface area contributed by atoms with Gasteiger partial charge < -0.3 is 15.8 Å². The Hall–Kier alpha value is -1.55. The maximum Gasteiger partial charge on any atom is 0.170 e. The van der Waals surface area contributed by atoms with Gasteiger partial charge in [0.15, 0.2) is 5.84 Å². The largest absolute Gasteiger partial charge is 0.409 e. The maximum absolute atomic E-state index is 8.67. The van der Waals surface area contributed by atoms with Gasteiger partial charge in [-0.1, -0.05) is 29.8 Å². The molecule has 1 aliphatic carbocycles. The summed E-state index contributed by atoms with van der Waals surface area (Å²) in [7, 11) is 2.15. The van der Waals surface area contributed by atoms with Crippen molar-refractivity contribution in [1.29, 1.82) is 0 Å². The Morgan fingerprint density at radius 3 is 2.89 bits per heavy atom. The molecule has 1 fully saturated rings. The Balaban J connectivity index is 1.95. The van der Waals surface area contributed by atoms with E-state index in [9.17, 15) is 0 Å². The van der Waals surface area contributed by atoms with Crippen LogP contribution < -0.4 is 5.73 Å². The van der Waals surface area contributed by atoms with Crippen molar-refractivity contribution in [2.24, 2.45) is 16.8 Å². The van der Waals surface area contributed by atoms with E-state index in [-0.39, 0.29) is 5.84 Å². The molecule has 98 valence electrons. The van der Waals surface area contributed by atoms with Crippen LogP contribution in [0.5, 0.6) is 0 Å². The first-order valence-electron chi connectivity index (χ1n) is 6.44. The van der Waals surface area contributed by atoms with Crippen LogP contribution in [0.1, 0.15) is 30.4 Å². The lowest BCUT2D eigenvalue weighted by atomic mass is 9.85. The number of hydrogen-bond donors (Lipinski definition) is 2. The lowest BCUT2D eigenvalue weighted by Gasteiger charge is -2.30. The van der Waals surface area contributed by atoms with Crippen molar-refractivity contribution in [3.05, 3.63) is 35.4 Å². The molecule has 0 unspecified atom stereocenters. The number of rotatable bonds is 5. The maximum atomic E-state index is 8.67. The molecule has 18 heavy (non-hydrogen) atoms. The summed E-state index contributed by atoms with van der Waals surface area (Å²) in [6, 6.07) is 7.85. The zero-order valence-corrected chi connectivity index (χ0v) is 10.8. The van der Waals surface area contributed by atoms with Gasteiger partial charge in [0.25, 0.3) is 0 Å². The average Bonchev–Trinajstić information content (AvgIpc) is 2.33. The first kappa shape index (κ1) is 12.9. The van der Waals surface area contributed by atoms with E-state index < -0.39 is 0 Å². The summed E-state index contributed by atoms with van der Waals surface area (Å²) in [6.07, 6.45) is 4.13. The van der Waals surface area contributed by atoms with E-state index in [1.807, 2.05) is 18.2 Å². The molecule has 4 heteroatoms. The molecule has 0 radical (unpaired) electrons. The molecule has 0 spiro atoms. The predicted octanol–water partition coefficient (Wildman–Crippen LogP) is 2.01. The summed E-state index contributed by atoms with van der Waals surface area (Å²) in [6.45, 7) is 2.07. The second-order valence-electron chi connectivity index (χ2n) is 5.18. The molecule has 0 aliphatic heterocycles. The minimum Gasteiger partial charge on any atom is -0.409 e. The van der Waals surface area contributed by atoms with Gasteiger partial charge in [0.1, 0.15) is 0 Å². The fraction of sp³-hybridized carbons (Fsp3) is 0.500. The van der Waals surface area contributed by atoms with Gasteiger partial charge in [-0.15, -0.1) is 0 Å². The quantitative estimate of drug-likeness (QED) is 0.362. The van der Waals surface area contributed by atoms with Crippen LogP contribution in [-0.4, -0.2) is 29.5 Å². The normalized spacial score (nSPS) is 16.9. The van der Waals surface area contributed by atoms with E-state index in [2.05, 4.69) is 23.2 Å². The standard InChI is InChI=1S/C14H21N3O/c1-17(9-11-4-2-5-11)10-12-6-3-7-13(8-12)14(15)16-18/h3,6-8,11,18H,2,4-5,9-10H2,1H3,(H2,15,16). The fourth-order valence-electron chi connectivity index (χ4n) is 2.38. The molecule has 0 amide bonds. The molecule has 1 aromatic carbocycles. The average molecular weight is 247 g/mol. The molecule has 0 heterocycles. The second kappa shape index (κ2) is 5.87. The monoisotopic (exact) mass is 247 g/mol. The van der Waals surface area contributed by atoms with Gasteiger partial charge in [0, 0.05) is 18.7 Å². The van der Waals surface area contributed by atoms with Crippen molar-refractivity contribution < 1.29 is 5.21 Å². The number of nitrogens with zero attached hydrogens (tertiary/aromatic N) is 2. The number of amidine groups is 1. The van der Waals surface area contributed by atoms with Gasteiger partial charge in [0.05, 0.1) is 0 Å². The zero-order chi connectivity index (χ0) is 13.0. The van der Waals surface area contributed by atoms with Crippen LogP contribution in [0.2, 0.25) is 0 Å². The summed E-state index contributed by atoms with van der Waals surface area (Å²) in [5.74, 6) is 1.04. The number of hydrogen-bond acceptors (Lipinski definition) is 3. The van der Waals surface area contributed by atoms with Crippen molar-refractivity contribution in [1.82, 2.24) is 4.90 Å². The van der Waals surface area contributed by atoms with Crippen molar-refractivity contribution in [3.63, 3.8) is 0 Å². The molecule has 1 aliphatic rings. The molecule has 2 rings (SSSR count). The molecule has 0 atom stereocenters. The molecular formula is C14H21N3O. The van der Waals surface area contributed by atoms with Gasteiger partial charge in [-0.25, -0.2) is 0 Å². The molecule has 3 N–H and O–H groups in total. The highest BCUT2D eigenvalue weighted by atomic mass is 16.4. The van der Waals surface area contributed by atoms with Crippen molar-refractivity contribution in [2.75, 3.05) is 13.6 Å². The smallest absolute Gasteiger partial charge is 0.170 e. The Bertz CT molecular complexity index is 427. The highest BCUT2D eigenvalue weighted by molar-refractivity contribution is 5.97. The Labute approximate surface area is 108 Å². The summed E-state index contributed by atoms with van der Waals surface area (Å²) in [5, 5.41) is 11.7. The van der Waals surface area contributed by atoms with E-state index in [4.69, 9.17) is 10.9 Å². The van der Waals surface area contributed by atoms with E-state index in [0.29, 0.717) is 0 Å².